The maximum atomic E-state index is 8.74. The van der Waals surface area contributed by atoms with Crippen LogP contribution in [0.4, 0.5) is 0 Å². The number of methoxy groups -OCH3 is 2. The lowest BCUT2D eigenvalue weighted by molar-refractivity contribution is -0.218. The fourth-order valence-electron chi connectivity index (χ4n) is 3.23. The lowest BCUT2D eigenvalue weighted by atomic mass is 9.88. The zero-order chi connectivity index (χ0) is 15.2. The van der Waals surface area contributed by atoms with E-state index in [-0.39, 0.29) is 22.6 Å². The predicted octanol–water partition coefficient (Wildman–Crippen LogP) is 3.04. The van der Waals surface area contributed by atoms with Gasteiger partial charge in [0.15, 0.2) is 0 Å². The number of fused-ring (bicyclic) bond motifs is 2. The average Bonchev–Trinajstić information content (AvgIpc) is 2.70. The van der Waals surface area contributed by atoms with E-state index in [1.165, 1.54) is 14.2 Å². The van der Waals surface area contributed by atoms with Gasteiger partial charge in [-0.15, -0.1) is 29.1 Å². The number of ether oxygens (including phenoxy) is 2. The maximum Gasteiger partial charge on any atom is 0.217 e. The Bertz CT molecular complexity index is 505. The van der Waals surface area contributed by atoms with E-state index in [0.717, 1.165) is 0 Å². The van der Waals surface area contributed by atoms with Crippen LogP contribution >= 0.6 is 46.4 Å². The Kier molecular flexibility index (Phi) is 4.61. The second-order valence-electron chi connectivity index (χ2n) is 4.78. The fraction of sp³-hybridized carbons (Fsp3) is 0.692. The molecule has 2 aliphatic carbocycles. The van der Waals surface area contributed by atoms with Gasteiger partial charge in [-0.1, -0.05) is 29.1 Å². The van der Waals surface area contributed by atoms with Crippen molar-refractivity contribution >= 4 is 46.4 Å². The van der Waals surface area contributed by atoms with Crippen molar-refractivity contribution < 1.29 is 14.6 Å². The molecule has 0 aromatic carbocycles. The molecule has 0 radical (unpaired) electrons. The van der Waals surface area contributed by atoms with Gasteiger partial charge in [0.25, 0.3) is 0 Å². The SMILES string of the molecule is COC1(OC)C2(Cl)CC(CC#CCO)C1(Cl)C(Cl)=C2Cl. The van der Waals surface area contributed by atoms with Crippen LogP contribution in [0.25, 0.3) is 0 Å². The molecule has 2 rings (SSSR count). The van der Waals surface area contributed by atoms with Crippen LogP contribution in [0.2, 0.25) is 0 Å². The summed E-state index contributed by atoms with van der Waals surface area (Å²) in [5.74, 6) is 3.89. The van der Waals surface area contributed by atoms with Crippen LogP contribution in [-0.4, -0.2) is 41.5 Å². The molecule has 112 valence electrons. The van der Waals surface area contributed by atoms with Gasteiger partial charge in [-0.05, 0) is 6.42 Å². The standard InChI is InChI=1S/C13H14Cl4O3/c1-19-13(20-2)11(16)7-8(5-3-4-6-18)12(13,17)10(15)9(11)14/h8,18H,5-7H2,1-2H3. The summed E-state index contributed by atoms with van der Waals surface area (Å²) in [6.45, 7) is -0.210. The van der Waals surface area contributed by atoms with E-state index < -0.39 is 15.5 Å². The zero-order valence-electron chi connectivity index (χ0n) is 11.0. The number of alkyl halides is 2. The van der Waals surface area contributed by atoms with Gasteiger partial charge in [0.2, 0.25) is 5.79 Å². The molecule has 1 fully saturated rings. The summed E-state index contributed by atoms with van der Waals surface area (Å²) in [4.78, 5) is -2.33. The summed E-state index contributed by atoms with van der Waals surface area (Å²) in [6.07, 6.45) is 0.836. The van der Waals surface area contributed by atoms with Crippen molar-refractivity contribution in [2.45, 2.75) is 28.4 Å². The molecule has 3 unspecified atom stereocenters. The third kappa shape index (κ3) is 1.74. The fourth-order valence-corrected chi connectivity index (χ4v) is 5.32. The maximum absolute atomic E-state index is 8.74. The Morgan fingerprint density at radius 2 is 1.80 bits per heavy atom. The molecule has 20 heavy (non-hydrogen) atoms. The van der Waals surface area contributed by atoms with E-state index in [9.17, 15) is 0 Å². The van der Waals surface area contributed by atoms with Gasteiger partial charge in [0.1, 0.15) is 16.4 Å². The first kappa shape index (κ1) is 16.7. The van der Waals surface area contributed by atoms with Crippen LogP contribution in [0.5, 0.6) is 0 Å². The molecule has 0 saturated heterocycles. The molecule has 3 atom stereocenters. The molecule has 0 amide bonds. The van der Waals surface area contributed by atoms with Crippen molar-refractivity contribution in [3.05, 3.63) is 10.1 Å². The number of halogens is 4. The molecule has 0 spiro atoms. The largest absolute Gasteiger partial charge is 0.384 e. The normalized spacial score (nSPS) is 38.0. The van der Waals surface area contributed by atoms with Gasteiger partial charge >= 0.3 is 0 Å². The topological polar surface area (TPSA) is 38.7 Å². The monoisotopic (exact) mass is 358 g/mol. The summed E-state index contributed by atoms with van der Waals surface area (Å²) in [6, 6.07) is 0. The highest BCUT2D eigenvalue weighted by molar-refractivity contribution is 6.51. The predicted molar refractivity (Wildman–Crippen MR) is 80.2 cm³/mol. The summed E-state index contributed by atoms with van der Waals surface area (Å²) in [5, 5.41) is 9.23. The Balaban J connectivity index is 2.51. The van der Waals surface area contributed by atoms with Crippen molar-refractivity contribution in [1.82, 2.24) is 0 Å². The summed E-state index contributed by atoms with van der Waals surface area (Å²) in [7, 11) is 2.92. The molecular formula is C13H14Cl4O3. The van der Waals surface area contributed by atoms with E-state index in [2.05, 4.69) is 11.8 Å². The molecular weight excluding hydrogens is 346 g/mol. The summed E-state index contributed by atoms with van der Waals surface area (Å²) in [5.41, 5.74) is 0. The highest BCUT2D eigenvalue weighted by Gasteiger charge is 2.80. The minimum Gasteiger partial charge on any atom is -0.384 e. The minimum atomic E-state index is -1.34. The van der Waals surface area contributed by atoms with Crippen LogP contribution in [0.15, 0.2) is 10.1 Å². The van der Waals surface area contributed by atoms with E-state index in [1.807, 2.05) is 0 Å². The minimum absolute atomic E-state index is 0.199. The molecule has 3 nitrogen and oxygen atoms in total. The molecule has 2 bridgehead atoms. The highest BCUT2D eigenvalue weighted by atomic mass is 35.5. The van der Waals surface area contributed by atoms with E-state index >= 15 is 0 Å². The van der Waals surface area contributed by atoms with Crippen LogP contribution in [0.3, 0.4) is 0 Å². The number of rotatable bonds is 3. The highest BCUT2D eigenvalue weighted by Crippen LogP contribution is 2.72. The molecule has 1 N–H and O–H groups in total. The summed E-state index contributed by atoms with van der Waals surface area (Å²) < 4.78 is 11.0. The molecule has 0 aliphatic heterocycles. The quantitative estimate of drug-likeness (QED) is 0.478. The Labute approximate surface area is 138 Å². The van der Waals surface area contributed by atoms with Gasteiger partial charge in [-0.3, -0.25) is 0 Å². The third-order valence-corrected chi connectivity index (χ3v) is 6.71. The molecule has 1 saturated carbocycles. The number of aliphatic hydroxyl groups is 1. The zero-order valence-corrected chi connectivity index (χ0v) is 14.0. The van der Waals surface area contributed by atoms with Crippen LogP contribution in [-0.2, 0) is 9.47 Å². The van der Waals surface area contributed by atoms with Crippen molar-refractivity contribution in [1.29, 1.82) is 0 Å². The van der Waals surface area contributed by atoms with E-state index in [0.29, 0.717) is 12.8 Å². The smallest absolute Gasteiger partial charge is 0.217 e. The van der Waals surface area contributed by atoms with Gasteiger partial charge < -0.3 is 14.6 Å². The molecule has 0 aromatic heterocycles. The number of aliphatic hydroxyl groups excluding tert-OH is 1. The second-order valence-corrected chi connectivity index (χ2v) is 6.78. The van der Waals surface area contributed by atoms with Crippen molar-refractivity contribution in [3.63, 3.8) is 0 Å². The van der Waals surface area contributed by atoms with Gasteiger partial charge in [-0.25, -0.2) is 0 Å². The molecule has 7 heteroatoms. The van der Waals surface area contributed by atoms with Gasteiger partial charge in [0, 0.05) is 26.6 Å². The first-order valence-corrected chi connectivity index (χ1v) is 7.47. The van der Waals surface area contributed by atoms with Gasteiger partial charge in [0.05, 0.1) is 10.1 Å². The van der Waals surface area contributed by atoms with Crippen LogP contribution in [0.1, 0.15) is 12.8 Å². The number of hydrogen-bond acceptors (Lipinski definition) is 3. The first-order chi connectivity index (χ1) is 9.35. The second kappa shape index (κ2) is 5.52. The van der Waals surface area contributed by atoms with Crippen molar-refractivity contribution in [3.8, 4) is 11.8 Å². The Morgan fingerprint density at radius 1 is 1.20 bits per heavy atom. The lowest BCUT2D eigenvalue weighted by Crippen LogP contribution is -2.56. The lowest BCUT2D eigenvalue weighted by Gasteiger charge is -2.41. The molecule has 0 heterocycles. The van der Waals surface area contributed by atoms with E-state index in [1.54, 1.807) is 0 Å². The first-order valence-electron chi connectivity index (χ1n) is 5.96. The van der Waals surface area contributed by atoms with Crippen LogP contribution < -0.4 is 0 Å². The Hall–Kier alpha value is 0.340. The molecule has 0 aromatic rings. The summed E-state index contributed by atoms with van der Waals surface area (Å²) >= 11 is 26.0. The van der Waals surface area contributed by atoms with E-state index in [4.69, 9.17) is 61.0 Å². The Morgan fingerprint density at radius 3 is 2.25 bits per heavy atom. The number of hydrogen-bond donors (Lipinski definition) is 1. The van der Waals surface area contributed by atoms with Crippen LogP contribution in [0, 0.1) is 17.8 Å². The van der Waals surface area contributed by atoms with Crippen molar-refractivity contribution in [2.75, 3.05) is 20.8 Å². The average molecular weight is 360 g/mol. The van der Waals surface area contributed by atoms with Gasteiger partial charge in [-0.2, -0.15) is 0 Å². The third-order valence-electron chi connectivity index (χ3n) is 4.08. The molecule has 2 aliphatic rings. The van der Waals surface area contributed by atoms with Crippen molar-refractivity contribution in [2.24, 2.45) is 5.92 Å².